The summed E-state index contributed by atoms with van der Waals surface area (Å²) >= 11 is 0. The Kier molecular flexibility index (Phi) is 4.06. The maximum absolute atomic E-state index is 14.0. The summed E-state index contributed by atoms with van der Waals surface area (Å²) in [6, 6.07) is 3.10. The Morgan fingerprint density at radius 3 is 2.71 bits per heavy atom. The highest BCUT2D eigenvalue weighted by molar-refractivity contribution is 6.01. The van der Waals surface area contributed by atoms with E-state index in [0.29, 0.717) is 0 Å². The second kappa shape index (κ2) is 5.78. The third-order valence-corrected chi connectivity index (χ3v) is 3.06. The highest BCUT2D eigenvalue weighted by atomic mass is 19.1. The van der Waals surface area contributed by atoms with Crippen molar-refractivity contribution < 1.29 is 23.9 Å². The molecule has 0 saturated carbocycles. The molecular formula is C13H14FN3O4. The van der Waals surface area contributed by atoms with Crippen LogP contribution in [0, 0.1) is 5.82 Å². The molecule has 0 aromatic heterocycles. The number of benzene rings is 1. The average Bonchev–Trinajstić information content (AvgIpc) is 2.70. The highest BCUT2D eigenvalue weighted by Crippen LogP contribution is 2.27. The van der Waals surface area contributed by atoms with E-state index in [1.807, 2.05) is 0 Å². The summed E-state index contributed by atoms with van der Waals surface area (Å²) in [5, 5.41) is 13.2. The van der Waals surface area contributed by atoms with E-state index in [9.17, 15) is 18.8 Å². The molecule has 0 unspecified atom stereocenters. The van der Waals surface area contributed by atoms with E-state index >= 15 is 0 Å². The van der Waals surface area contributed by atoms with E-state index in [0.717, 1.165) is 6.07 Å². The van der Waals surface area contributed by atoms with Crippen molar-refractivity contribution in [3.8, 4) is 0 Å². The van der Waals surface area contributed by atoms with Gasteiger partial charge in [-0.25, -0.2) is 9.18 Å². The molecule has 1 aliphatic heterocycles. The van der Waals surface area contributed by atoms with Gasteiger partial charge in [0.1, 0.15) is 11.9 Å². The van der Waals surface area contributed by atoms with Gasteiger partial charge in [0.2, 0.25) is 11.8 Å². The molecule has 1 atom stereocenters. The lowest BCUT2D eigenvalue weighted by Gasteiger charge is -2.18. The molecule has 1 heterocycles. The number of anilines is 2. The first-order chi connectivity index (χ1) is 9.88. The van der Waals surface area contributed by atoms with Crippen LogP contribution in [-0.2, 0) is 9.59 Å². The van der Waals surface area contributed by atoms with Crippen LogP contribution < -0.4 is 15.5 Å². The van der Waals surface area contributed by atoms with Crippen molar-refractivity contribution in [2.24, 2.45) is 0 Å². The Hall–Kier alpha value is -2.64. The van der Waals surface area contributed by atoms with E-state index in [2.05, 4.69) is 10.6 Å². The summed E-state index contributed by atoms with van der Waals surface area (Å²) in [6.45, 7) is 1.53. The highest BCUT2D eigenvalue weighted by Gasteiger charge is 2.34. The summed E-state index contributed by atoms with van der Waals surface area (Å²) in [6.07, 6.45) is -1.02. The van der Waals surface area contributed by atoms with E-state index < -0.39 is 23.9 Å². The summed E-state index contributed by atoms with van der Waals surface area (Å²) in [4.78, 5) is 34.7. The molecule has 3 amide bonds. The summed E-state index contributed by atoms with van der Waals surface area (Å²) < 4.78 is 14.0. The zero-order chi connectivity index (χ0) is 15.6. The molecular weight excluding hydrogens is 281 g/mol. The molecule has 1 aliphatic rings. The zero-order valence-electron chi connectivity index (χ0n) is 11.2. The van der Waals surface area contributed by atoms with Crippen LogP contribution in [0.3, 0.4) is 0 Å². The predicted molar refractivity (Wildman–Crippen MR) is 72.6 cm³/mol. The van der Waals surface area contributed by atoms with Crippen LogP contribution in [0.5, 0.6) is 0 Å². The van der Waals surface area contributed by atoms with Gasteiger partial charge in [0.25, 0.3) is 0 Å². The summed E-state index contributed by atoms with van der Waals surface area (Å²) in [7, 11) is 0. The minimum absolute atomic E-state index is 0.0591. The van der Waals surface area contributed by atoms with Crippen LogP contribution in [0.25, 0.3) is 0 Å². The Bertz CT molecular complexity index is 605. The lowest BCUT2D eigenvalue weighted by Crippen LogP contribution is -2.41. The average molecular weight is 295 g/mol. The molecule has 1 saturated heterocycles. The van der Waals surface area contributed by atoms with Gasteiger partial charge in [-0.1, -0.05) is 0 Å². The largest absolute Gasteiger partial charge is 0.465 e. The van der Waals surface area contributed by atoms with Crippen LogP contribution >= 0.6 is 0 Å². The quantitative estimate of drug-likeness (QED) is 0.779. The minimum atomic E-state index is -1.29. The monoisotopic (exact) mass is 295 g/mol. The van der Waals surface area contributed by atoms with Crippen LogP contribution in [0.4, 0.5) is 20.6 Å². The van der Waals surface area contributed by atoms with Gasteiger partial charge in [0, 0.05) is 19.2 Å². The van der Waals surface area contributed by atoms with Crippen molar-refractivity contribution in [1.29, 1.82) is 0 Å². The molecule has 1 fully saturated rings. The Labute approximate surface area is 119 Å². The molecule has 112 valence electrons. The normalized spacial score (nSPS) is 17.7. The van der Waals surface area contributed by atoms with Crippen molar-refractivity contribution in [2.45, 2.75) is 19.4 Å². The molecule has 3 N–H and O–H groups in total. The van der Waals surface area contributed by atoms with Crippen molar-refractivity contribution in [3.63, 3.8) is 0 Å². The van der Waals surface area contributed by atoms with Crippen LogP contribution in [0.2, 0.25) is 0 Å². The van der Waals surface area contributed by atoms with Gasteiger partial charge in [-0.3, -0.25) is 9.59 Å². The standard InChI is InChI=1S/C13H14FN3O4/c1-7(18)15-8-2-3-11(9(14)6-8)17-5-4-10(12(17)19)16-13(20)21/h2-3,6,10,16H,4-5H2,1H3,(H,15,18)(H,20,21)/t10-/m0/s1. The minimum Gasteiger partial charge on any atom is -0.465 e. The number of amides is 3. The lowest BCUT2D eigenvalue weighted by molar-refractivity contribution is -0.118. The second-order valence-corrected chi connectivity index (χ2v) is 4.63. The molecule has 2 rings (SSSR count). The number of hydrogen-bond donors (Lipinski definition) is 3. The third kappa shape index (κ3) is 3.28. The fourth-order valence-corrected chi connectivity index (χ4v) is 2.21. The van der Waals surface area contributed by atoms with Crippen LogP contribution in [0.1, 0.15) is 13.3 Å². The molecule has 8 heteroatoms. The second-order valence-electron chi connectivity index (χ2n) is 4.63. The van der Waals surface area contributed by atoms with Gasteiger partial charge < -0.3 is 20.6 Å². The molecule has 0 radical (unpaired) electrons. The van der Waals surface area contributed by atoms with E-state index in [1.165, 1.54) is 24.0 Å². The molecule has 0 aliphatic carbocycles. The lowest BCUT2D eigenvalue weighted by atomic mass is 10.2. The Balaban J connectivity index is 2.17. The Morgan fingerprint density at radius 2 is 2.14 bits per heavy atom. The SMILES string of the molecule is CC(=O)Nc1ccc(N2CC[C@H](NC(=O)O)C2=O)c(F)c1. The predicted octanol–water partition coefficient (Wildman–Crippen LogP) is 1.16. The number of carboxylic acid groups (broad SMARTS) is 1. The summed E-state index contributed by atoms with van der Waals surface area (Å²) in [5.74, 6) is -1.49. The smallest absolute Gasteiger partial charge is 0.405 e. The first kappa shape index (κ1) is 14.8. The van der Waals surface area contributed by atoms with Crippen molar-refractivity contribution in [1.82, 2.24) is 5.32 Å². The maximum atomic E-state index is 14.0. The van der Waals surface area contributed by atoms with Gasteiger partial charge in [-0.2, -0.15) is 0 Å². The third-order valence-electron chi connectivity index (χ3n) is 3.06. The van der Waals surface area contributed by atoms with Gasteiger partial charge in [0.05, 0.1) is 5.69 Å². The molecule has 1 aromatic rings. The van der Waals surface area contributed by atoms with Gasteiger partial charge in [0.15, 0.2) is 0 Å². The first-order valence-electron chi connectivity index (χ1n) is 6.26. The van der Waals surface area contributed by atoms with Crippen LogP contribution in [0.15, 0.2) is 18.2 Å². The number of rotatable bonds is 3. The Morgan fingerprint density at radius 1 is 1.43 bits per heavy atom. The van der Waals surface area contributed by atoms with Gasteiger partial charge in [-0.15, -0.1) is 0 Å². The van der Waals surface area contributed by atoms with Crippen LogP contribution in [-0.4, -0.2) is 35.6 Å². The number of halogens is 1. The molecule has 21 heavy (non-hydrogen) atoms. The van der Waals surface area contributed by atoms with E-state index in [4.69, 9.17) is 5.11 Å². The fourth-order valence-electron chi connectivity index (χ4n) is 2.21. The number of nitrogens with zero attached hydrogens (tertiary/aromatic N) is 1. The number of hydrogen-bond acceptors (Lipinski definition) is 3. The van der Waals surface area contributed by atoms with Crippen molar-refractivity contribution in [3.05, 3.63) is 24.0 Å². The molecule has 0 spiro atoms. The van der Waals surface area contributed by atoms with Crippen molar-refractivity contribution >= 4 is 29.3 Å². The zero-order valence-corrected chi connectivity index (χ0v) is 11.2. The molecule has 0 bridgehead atoms. The summed E-state index contributed by atoms with van der Waals surface area (Å²) in [5.41, 5.74) is 0.347. The first-order valence-corrected chi connectivity index (χ1v) is 6.26. The molecule has 7 nitrogen and oxygen atoms in total. The fraction of sp³-hybridized carbons (Fsp3) is 0.308. The maximum Gasteiger partial charge on any atom is 0.405 e. The van der Waals surface area contributed by atoms with E-state index in [-0.39, 0.29) is 30.2 Å². The van der Waals surface area contributed by atoms with Gasteiger partial charge in [-0.05, 0) is 24.6 Å². The molecule has 1 aromatic carbocycles. The van der Waals surface area contributed by atoms with E-state index in [1.54, 1.807) is 0 Å². The number of carbonyl (C=O) groups is 3. The topological polar surface area (TPSA) is 98.7 Å². The number of carbonyl (C=O) groups excluding carboxylic acids is 2. The van der Waals surface area contributed by atoms with Gasteiger partial charge >= 0.3 is 6.09 Å². The van der Waals surface area contributed by atoms with Crippen molar-refractivity contribution in [2.75, 3.05) is 16.8 Å². The number of nitrogens with one attached hydrogen (secondary N) is 2.